The summed E-state index contributed by atoms with van der Waals surface area (Å²) in [6.45, 7) is 0.453. The molecular weight excluding hydrogens is 308 g/mol. The normalized spacial score (nSPS) is 13.6. The maximum absolute atomic E-state index is 5.87. The lowest BCUT2D eigenvalue weighted by Gasteiger charge is -2.20. The van der Waals surface area contributed by atoms with Crippen molar-refractivity contribution in [3.05, 3.63) is 52.6 Å². The molecule has 0 N–H and O–H groups in total. The molecule has 0 atom stereocenters. The molecule has 23 heavy (non-hydrogen) atoms. The van der Waals surface area contributed by atoms with Crippen LogP contribution in [0, 0.1) is 0 Å². The molecule has 3 heterocycles. The van der Waals surface area contributed by atoms with Gasteiger partial charge in [0, 0.05) is 41.3 Å². The van der Waals surface area contributed by atoms with Crippen LogP contribution in [0.1, 0.15) is 29.1 Å². The number of thiazole rings is 1. The molecule has 0 aliphatic heterocycles. The molecule has 4 rings (SSSR count). The van der Waals surface area contributed by atoms with E-state index in [1.165, 1.54) is 18.4 Å². The number of ether oxygens (including phenoxy) is 1. The van der Waals surface area contributed by atoms with Crippen LogP contribution in [0.3, 0.4) is 0 Å². The largest absolute Gasteiger partial charge is 0.470 e. The lowest BCUT2D eigenvalue weighted by molar-refractivity contribution is 0.292. The zero-order valence-electron chi connectivity index (χ0n) is 12.6. The number of aromatic nitrogens is 4. The molecule has 0 spiro atoms. The molecule has 0 amide bonds. The number of nitrogens with zero attached hydrogens (tertiary/aromatic N) is 4. The molecule has 0 saturated carbocycles. The molecule has 0 radical (unpaired) electrons. The van der Waals surface area contributed by atoms with Gasteiger partial charge in [0.05, 0.1) is 0 Å². The van der Waals surface area contributed by atoms with Crippen LogP contribution in [-0.2, 0) is 19.4 Å². The van der Waals surface area contributed by atoms with Gasteiger partial charge in [0.15, 0.2) is 0 Å². The van der Waals surface area contributed by atoms with E-state index in [4.69, 9.17) is 9.72 Å². The highest BCUT2D eigenvalue weighted by atomic mass is 32.1. The van der Waals surface area contributed by atoms with Gasteiger partial charge in [-0.05, 0) is 36.8 Å². The van der Waals surface area contributed by atoms with Crippen LogP contribution >= 0.6 is 11.3 Å². The fourth-order valence-corrected chi connectivity index (χ4v) is 3.44. The van der Waals surface area contributed by atoms with E-state index in [0.717, 1.165) is 34.7 Å². The summed E-state index contributed by atoms with van der Waals surface area (Å²) in [6, 6.07) is 2.01. The third-order valence-electron chi connectivity index (χ3n) is 3.98. The van der Waals surface area contributed by atoms with E-state index in [2.05, 4.69) is 15.0 Å². The Morgan fingerprint density at radius 3 is 2.83 bits per heavy atom. The standard InChI is InChI=1S/C17H16N4OS/c1-2-4-15-13(3-1)14(12-8-18-11-19-9-12)7-16(21-15)22-10-17-20-5-6-23-17/h5-9,11H,1-4,10H2. The van der Waals surface area contributed by atoms with Crippen LogP contribution < -0.4 is 4.74 Å². The van der Waals surface area contributed by atoms with Crippen LogP contribution in [0.5, 0.6) is 5.88 Å². The Morgan fingerprint density at radius 1 is 1.13 bits per heavy atom. The highest BCUT2D eigenvalue weighted by Crippen LogP contribution is 2.33. The van der Waals surface area contributed by atoms with E-state index < -0.39 is 0 Å². The van der Waals surface area contributed by atoms with Crippen molar-refractivity contribution in [2.24, 2.45) is 0 Å². The lowest BCUT2D eigenvalue weighted by Crippen LogP contribution is -2.09. The van der Waals surface area contributed by atoms with Gasteiger partial charge in [-0.2, -0.15) is 0 Å². The fraction of sp³-hybridized carbons (Fsp3) is 0.294. The summed E-state index contributed by atoms with van der Waals surface area (Å²) >= 11 is 1.59. The summed E-state index contributed by atoms with van der Waals surface area (Å²) in [4.78, 5) is 17.2. The van der Waals surface area contributed by atoms with Crippen LogP contribution in [0.2, 0.25) is 0 Å². The van der Waals surface area contributed by atoms with E-state index in [9.17, 15) is 0 Å². The van der Waals surface area contributed by atoms with Crippen molar-refractivity contribution < 1.29 is 4.74 Å². The molecule has 5 nitrogen and oxygen atoms in total. The van der Waals surface area contributed by atoms with Gasteiger partial charge in [0.1, 0.15) is 17.9 Å². The Labute approximate surface area is 138 Å². The average Bonchev–Trinajstić information content (AvgIpc) is 3.13. The molecule has 116 valence electrons. The highest BCUT2D eigenvalue weighted by Gasteiger charge is 2.18. The first-order valence-electron chi connectivity index (χ1n) is 7.69. The number of hydrogen-bond donors (Lipinski definition) is 0. The first-order valence-corrected chi connectivity index (χ1v) is 8.57. The Balaban J connectivity index is 1.70. The zero-order valence-corrected chi connectivity index (χ0v) is 13.4. The van der Waals surface area contributed by atoms with Crippen LogP contribution in [0.25, 0.3) is 11.1 Å². The lowest BCUT2D eigenvalue weighted by atomic mass is 9.90. The first-order chi connectivity index (χ1) is 11.4. The van der Waals surface area contributed by atoms with Gasteiger partial charge in [0.2, 0.25) is 5.88 Å². The van der Waals surface area contributed by atoms with Crippen LogP contribution in [0.4, 0.5) is 0 Å². The number of hydrogen-bond acceptors (Lipinski definition) is 6. The molecule has 0 fully saturated rings. The van der Waals surface area contributed by atoms with E-state index in [1.54, 1.807) is 23.9 Å². The summed E-state index contributed by atoms with van der Waals surface area (Å²) in [6.07, 6.45) is 11.5. The minimum atomic E-state index is 0.453. The summed E-state index contributed by atoms with van der Waals surface area (Å²) in [7, 11) is 0. The van der Waals surface area contributed by atoms with Crippen LogP contribution in [-0.4, -0.2) is 19.9 Å². The monoisotopic (exact) mass is 324 g/mol. The molecule has 6 heteroatoms. The van der Waals surface area contributed by atoms with Crippen molar-refractivity contribution in [3.8, 4) is 17.0 Å². The minimum absolute atomic E-state index is 0.453. The van der Waals surface area contributed by atoms with Crippen molar-refractivity contribution in [1.29, 1.82) is 0 Å². The second kappa shape index (κ2) is 6.42. The third-order valence-corrected chi connectivity index (χ3v) is 4.73. The third kappa shape index (κ3) is 3.07. The van der Waals surface area contributed by atoms with Crippen molar-refractivity contribution >= 4 is 11.3 Å². The van der Waals surface area contributed by atoms with E-state index in [-0.39, 0.29) is 0 Å². The van der Waals surface area contributed by atoms with Crippen LogP contribution in [0.15, 0.2) is 36.4 Å². The van der Waals surface area contributed by atoms with Crippen molar-refractivity contribution in [3.63, 3.8) is 0 Å². The molecule has 0 bridgehead atoms. The Hall–Kier alpha value is -2.34. The number of aryl methyl sites for hydroxylation is 1. The fourth-order valence-electron chi connectivity index (χ4n) is 2.91. The van der Waals surface area contributed by atoms with Gasteiger partial charge in [-0.15, -0.1) is 11.3 Å². The number of rotatable bonds is 4. The number of pyridine rings is 1. The molecule has 3 aromatic heterocycles. The van der Waals surface area contributed by atoms with Gasteiger partial charge in [-0.1, -0.05) is 0 Å². The second-order valence-electron chi connectivity index (χ2n) is 5.48. The first kappa shape index (κ1) is 14.3. The summed E-state index contributed by atoms with van der Waals surface area (Å²) in [5, 5.41) is 2.90. The van der Waals surface area contributed by atoms with Gasteiger partial charge in [-0.3, -0.25) is 0 Å². The maximum Gasteiger partial charge on any atom is 0.214 e. The van der Waals surface area contributed by atoms with Gasteiger partial charge in [-0.25, -0.2) is 19.9 Å². The Morgan fingerprint density at radius 2 is 2.00 bits per heavy atom. The minimum Gasteiger partial charge on any atom is -0.470 e. The zero-order chi connectivity index (χ0) is 15.5. The number of fused-ring (bicyclic) bond motifs is 1. The van der Waals surface area contributed by atoms with Crippen molar-refractivity contribution in [1.82, 2.24) is 19.9 Å². The quantitative estimate of drug-likeness (QED) is 0.735. The summed E-state index contributed by atoms with van der Waals surface area (Å²) < 4.78 is 5.87. The molecule has 3 aromatic rings. The second-order valence-corrected chi connectivity index (χ2v) is 6.46. The smallest absolute Gasteiger partial charge is 0.214 e. The molecule has 1 aliphatic rings. The van der Waals surface area contributed by atoms with Gasteiger partial charge >= 0.3 is 0 Å². The maximum atomic E-state index is 5.87. The van der Waals surface area contributed by atoms with Gasteiger partial charge < -0.3 is 4.74 Å². The Kier molecular flexibility index (Phi) is 3.98. The van der Waals surface area contributed by atoms with E-state index in [1.807, 2.05) is 23.8 Å². The molecule has 0 unspecified atom stereocenters. The van der Waals surface area contributed by atoms with Crippen molar-refractivity contribution in [2.75, 3.05) is 0 Å². The van der Waals surface area contributed by atoms with Crippen molar-refractivity contribution in [2.45, 2.75) is 32.3 Å². The highest BCUT2D eigenvalue weighted by molar-refractivity contribution is 7.09. The average molecular weight is 324 g/mol. The predicted octanol–water partition coefficient (Wildman–Crippen LogP) is 3.45. The van der Waals surface area contributed by atoms with E-state index >= 15 is 0 Å². The topological polar surface area (TPSA) is 60.8 Å². The summed E-state index contributed by atoms with van der Waals surface area (Å²) in [5.41, 5.74) is 4.62. The molecule has 0 aromatic carbocycles. The summed E-state index contributed by atoms with van der Waals surface area (Å²) in [5.74, 6) is 0.653. The molecule has 0 saturated heterocycles. The molecular formula is C17H16N4OS. The molecule has 1 aliphatic carbocycles. The SMILES string of the molecule is c1ncc(-c2cc(OCc3nccs3)nc3c2CCCC3)cn1. The van der Waals surface area contributed by atoms with Gasteiger partial charge in [0.25, 0.3) is 0 Å². The van der Waals surface area contributed by atoms with E-state index in [0.29, 0.717) is 12.5 Å². The predicted molar refractivity (Wildman–Crippen MR) is 88.4 cm³/mol. The Bertz CT molecular complexity index is 790.